The van der Waals surface area contributed by atoms with Crippen molar-refractivity contribution in [2.45, 2.75) is 78.4 Å². The summed E-state index contributed by atoms with van der Waals surface area (Å²) in [6.07, 6.45) is -0.903. The first-order valence-electron chi connectivity index (χ1n) is 10.3. The second-order valence-corrected chi connectivity index (χ2v) is 15.8. The van der Waals surface area contributed by atoms with Gasteiger partial charge in [-0.05, 0) is 64.0 Å². The maximum atomic E-state index is 14.5. The van der Waals surface area contributed by atoms with Crippen molar-refractivity contribution in [2.24, 2.45) is 0 Å². The van der Waals surface area contributed by atoms with E-state index in [0.717, 1.165) is 0 Å². The zero-order chi connectivity index (χ0) is 23.3. The number of hydrogen-bond acceptors (Lipinski definition) is 6. The lowest BCUT2D eigenvalue weighted by Gasteiger charge is -2.36. The third-order valence-corrected chi connectivity index (χ3v) is 12.1. The summed E-state index contributed by atoms with van der Waals surface area (Å²) >= 11 is 0. The minimum atomic E-state index is -3.67. The normalized spacial score (nSPS) is 14.9. The zero-order valence-corrected chi connectivity index (χ0v) is 21.5. The first kappa shape index (κ1) is 26.8. The van der Waals surface area contributed by atoms with Gasteiger partial charge < -0.3 is 18.2 Å². The highest BCUT2D eigenvalue weighted by molar-refractivity contribution is 7.55. The van der Waals surface area contributed by atoms with Crippen molar-refractivity contribution in [1.82, 2.24) is 0 Å². The first-order valence-corrected chi connectivity index (χ1v) is 14.8. The Labute approximate surface area is 181 Å². The Morgan fingerprint density at radius 3 is 2.13 bits per heavy atom. The molecule has 0 heterocycles. The molecule has 0 aliphatic carbocycles. The smallest absolute Gasteiger partial charge is 0.344 e. The molecule has 0 aliphatic rings. The van der Waals surface area contributed by atoms with Crippen LogP contribution in [0, 0.1) is 5.82 Å². The van der Waals surface area contributed by atoms with Crippen LogP contribution in [0.1, 0.15) is 60.1 Å². The fourth-order valence-corrected chi connectivity index (χ4v) is 5.01. The van der Waals surface area contributed by atoms with E-state index >= 15 is 0 Å². The molecular formula is C21H36FO6PSi. The summed E-state index contributed by atoms with van der Waals surface area (Å²) in [5.41, 5.74) is -0.941. The van der Waals surface area contributed by atoms with Gasteiger partial charge in [0.1, 0.15) is 17.7 Å². The van der Waals surface area contributed by atoms with Crippen molar-refractivity contribution in [3.05, 3.63) is 29.6 Å². The Balaban J connectivity index is 3.04. The van der Waals surface area contributed by atoms with Crippen LogP contribution in [-0.2, 0) is 23.1 Å². The molecule has 0 amide bonds. The lowest BCUT2D eigenvalue weighted by Crippen LogP contribution is -2.43. The molecule has 0 N–H and O–H groups in total. The van der Waals surface area contributed by atoms with Gasteiger partial charge in [0.15, 0.2) is 5.66 Å². The van der Waals surface area contributed by atoms with E-state index in [1.165, 1.54) is 13.0 Å². The molecule has 0 radical (unpaired) electrons. The van der Waals surface area contributed by atoms with Crippen molar-refractivity contribution in [3.63, 3.8) is 0 Å². The van der Waals surface area contributed by atoms with Crippen LogP contribution < -0.4 is 4.43 Å². The molecule has 0 saturated carbocycles. The Bertz CT molecular complexity index is 767. The average molecular weight is 463 g/mol. The van der Waals surface area contributed by atoms with Gasteiger partial charge in [-0.1, -0.05) is 20.8 Å². The molecule has 0 fully saturated rings. The molecule has 1 aromatic rings. The first-order chi connectivity index (χ1) is 13.7. The van der Waals surface area contributed by atoms with E-state index in [2.05, 4.69) is 33.9 Å². The van der Waals surface area contributed by atoms with Crippen LogP contribution in [0.4, 0.5) is 4.39 Å². The minimum absolute atomic E-state index is 0.0191. The summed E-state index contributed by atoms with van der Waals surface area (Å²) in [5.74, 6) is -0.755. The Hall–Kier alpha value is -1.21. The number of carbonyl (C=O) groups excluding carboxylic acids is 1. The van der Waals surface area contributed by atoms with E-state index in [-0.39, 0.29) is 23.8 Å². The number of carbonyl (C=O) groups is 1. The summed E-state index contributed by atoms with van der Waals surface area (Å²) in [7, 11) is -5.78. The van der Waals surface area contributed by atoms with Crippen molar-refractivity contribution < 1.29 is 32.0 Å². The molecule has 0 saturated heterocycles. The molecule has 2 unspecified atom stereocenters. The van der Waals surface area contributed by atoms with Gasteiger partial charge in [-0.25, -0.2) is 4.39 Å². The number of ether oxygens (including phenoxy) is 1. The highest BCUT2D eigenvalue weighted by atomic mass is 31.2. The largest absolute Gasteiger partial charge is 0.543 e. The fourth-order valence-electron chi connectivity index (χ4n) is 2.43. The van der Waals surface area contributed by atoms with Crippen LogP contribution in [0.5, 0.6) is 5.75 Å². The monoisotopic (exact) mass is 462 g/mol. The average Bonchev–Trinajstić information content (AvgIpc) is 2.61. The number of benzene rings is 1. The Morgan fingerprint density at radius 2 is 1.67 bits per heavy atom. The molecule has 30 heavy (non-hydrogen) atoms. The predicted molar refractivity (Wildman–Crippen MR) is 119 cm³/mol. The molecule has 0 bridgehead atoms. The van der Waals surface area contributed by atoms with Gasteiger partial charge in [0, 0.05) is 5.56 Å². The minimum Gasteiger partial charge on any atom is -0.543 e. The van der Waals surface area contributed by atoms with Gasteiger partial charge in [-0.15, -0.1) is 0 Å². The third kappa shape index (κ3) is 6.64. The Morgan fingerprint density at radius 1 is 1.13 bits per heavy atom. The predicted octanol–water partition coefficient (Wildman–Crippen LogP) is 6.47. The number of hydrogen-bond donors (Lipinski definition) is 0. The maximum Gasteiger partial charge on any atom is 0.344 e. The van der Waals surface area contributed by atoms with Crippen LogP contribution >= 0.6 is 7.60 Å². The highest BCUT2D eigenvalue weighted by Gasteiger charge is 2.40. The quantitative estimate of drug-likeness (QED) is 0.225. The van der Waals surface area contributed by atoms with Crippen molar-refractivity contribution >= 4 is 21.9 Å². The summed E-state index contributed by atoms with van der Waals surface area (Å²) in [6, 6.07) is 4.44. The van der Waals surface area contributed by atoms with Crippen molar-refractivity contribution in [3.8, 4) is 5.75 Å². The van der Waals surface area contributed by atoms with Crippen molar-refractivity contribution in [2.75, 3.05) is 13.2 Å². The summed E-state index contributed by atoms with van der Waals surface area (Å²) < 4.78 is 49.4. The van der Waals surface area contributed by atoms with Crippen LogP contribution in [0.15, 0.2) is 18.2 Å². The fraction of sp³-hybridized carbons (Fsp3) is 0.667. The van der Waals surface area contributed by atoms with Crippen molar-refractivity contribution in [1.29, 1.82) is 0 Å². The van der Waals surface area contributed by atoms with Crippen LogP contribution in [-0.4, -0.2) is 33.2 Å². The molecule has 1 aromatic carbocycles. The molecule has 6 nitrogen and oxygen atoms in total. The highest BCUT2D eigenvalue weighted by Crippen LogP contribution is 2.53. The number of rotatable bonds is 10. The second kappa shape index (κ2) is 10.4. The second-order valence-electron chi connectivity index (χ2n) is 8.68. The van der Waals surface area contributed by atoms with E-state index in [9.17, 15) is 13.8 Å². The van der Waals surface area contributed by atoms with E-state index in [4.69, 9.17) is 18.2 Å². The van der Waals surface area contributed by atoms with E-state index in [1.54, 1.807) is 32.9 Å². The molecule has 172 valence electrons. The molecule has 9 heteroatoms. The van der Waals surface area contributed by atoms with Crippen LogP contribution in [0.3, 0.4) is 0 Å². The van der Waals surface area contributed by atoms with Gasteiger partial charge in [0.05, 0.1) is 13.2 Å². The van der Waals surface area contributed by atoms with Crippen LogP contribution in [0.25, 0.3) is 0 Å². The molecule has 1 rings (SSSR count). The topological polar surface area (TPSA) is 71.1 Å². The van der Waals surface area contributed by atoms with Gasteiger partial charge in [0.25, 0.3) is 0 Å². The number of halogens is 1. The third-order valence-electron chi connectivity index (χ3n) is 5.31. The molecule has 2 atom stereocenters. The van der Waals surface area contributed by atoms with Gasteiger partial charge >= 0.3 is 13.6 Å². The SMILES string of the molecule is CCOP(=O)(OCC)C(C)C(=O)OC(C)c1cc(O[Si](C)(C)C(C)(C)C)ccc1F. The lowest BCUT2D eigenvalue weighted by molar-refractivity contribution is -0.148. The Kier molecular flexibility index (Phi) is 9.30. The summed E-state index contributed by atoms with van der Waals surface area (Å²) in [5, 5.41) is -0.0191. The number of esters is 1. The van der Waals surface area contributed by atoms with E-state index < -0.39 is 39.5 Å². The zero-order valence-electron chi connectivity index (χ0n) is 19.6. The molecular weight excluding hydrogens is 426 g/mol. The molecule has 0 spiro atoms. The molecule has 0 aliphatic heterocycles. The van der Waals surface area contributed by atoms with Gasteiger partial charge in [0.2, 0.25) is 8.32 Å². The standard InChI is InChI=1S/C21H36FO6PSi/c1-10-25-29(24,26-11-2)16(4)20(23)27-15(3)18-14-17(12-13-19(18)22)28-30(8,9)21(5,6)7/h12-16H,10-11H2,1-9H3. The molecule has 0 aromatic heterocycles. The van der Waals surface area contributed by atoms with Gasteiger partial charge in [-0.3, -0.25) is 9.36 Å². The lowest BCUT2D eigenvalue weighted by atomic mass is 10.1. The summed E-state index contributed by atoms with van der Waals surface area (Å²) in [4.78, 5) is 12.6. The summed E-state index contributed by atoms with van der Waals surface area (Å²) in [6.45, 7) is 17.1. The van der Waals surface area contributed by atoms with E-state index in [1.807, 2.05) is 0 Å². The van der Waals surface area contributed by atoms with E-state index in [0.29, 0.717) is 5.75 Å². The maximum absolute atomic E-state index is 14.5. The van der Waals surface area contributed by atoms with Gasteiger partial charge in [-0.2, -0.15) is 0 Å². The van der Waals surface area contributed by atoms with Crippen LogP contribution in [0.2, 0.25) is 18.1 Å².